The van der Waals surface area contributed by atoms with Gasteiger partial charge in [0.05, 0.1) is 7.11 Å². The van der Waals surface area contributed by atoms with Crippen molar-refractivity contribution in [3.05, 3.63) is 30.2 Å². The van der Waals surface area contributed by atoms with Gasteiger partial charge < -0.3 is 4.74 Å². The van der Waals surface area contributed by atoms with Crippen molar-refractivity contribution >= 4 is 5.97 Å². The average Bonchev–Trinajstić information content (AvgIpc) is 2.37. The standard InChI is InChI=1S/C7H7O2/c1-9-7(8)6-4-2-3-5-6/h2-5H,1H3. The van der Waals surface area contributed by atoms with Gasteiger partial charge in [0.25, 0.3) is 0 Å². The van der Waals surface area contributed by atoms with Crippen LogP contribution in [0.2, 0.25) is 0 Å². The first-order valence-corrected chi connectivity index (χ1v) is 2.64. The Morgan fingerprint density at radius 1 is 1.56 bits per heavy atom. The van der Waals surface area contributed by atoms with Crippen molar-refractivity contribution in [1.29, 1.82) is 0 Å². The third-order valence-electron chi connectivity index (χ3n) is 1.08. The van der Waals surface area contributed by atoms with Crippen molar-refractivity contribution in [3.63, 3.8) is 0 Å². The SMILES string of the molecule is COC(=O)C1=CC=C[CH]1. The number of hydrogen-bond acceptors (Lipinski definition) is 2. The van der Waals surface area contributed by atoms with Crippen molar-refractivity contribution in [1.82, 2.24) is 0 Å². The minimum Gasteiger partial charge on any atom is -0.466 e. The van der Waals surface area contributed by atoms with Crippen LogP contribution in [-0.4, -0.2) is 13.1 Å². The molecule has 0 aliphatic heterocycles. The van der Waals surface area contributed by atoms with E-state index in [9.17, 15) is 4.79 Å². The zero-order valence-electron chi connectivity index (χ0n) is 5.13. The Balaban J connectivity index is 2.55. The minimum absolute atomic E-state index is 0.278. The van der Waals surface area contributed by atoms with Gasteiger partial charge in [-0.25, -0.2) is 4.79 Å². The summed E-state index contributed by atoms with van der Waals surface area (Å²) >= 11 is 0. The molecular weight excluding hydrogens is 116 g/mol. The Morgan fingerprint density at radius 3 is 2.78 bits per heavy atom. The molecule has 0 saturated carbocycles. The number of allylic oxidation sites excluding steroid dienone is 3. The molecular formula is C7H7O2. The average molecular weight is 123 g/mol. The molecule has 0 amide bonds. The summed E-state index contributed by atoms with van der Waals surface area (Å²) in [4.78, 5) is 10.7. The van der Waals surface area contributed by atoms with Crippen LogP contribution in [0.15, 0.2) is 23.8 Å². The Kier molecular flexibility index (Phi) is 1.68. The van der Waals surface area contributed by atoms with Crippen LogP contribution in [0.4, 0.5) is 0 Å². The first kappa shape index (κ1) is 6.08. The molecule has 2 nitrogen and oxygen atoms in total. The topological polar surface area (TPSA) is 26.3 Å². The lowest BCUT2D eigenvalue weighted by Gasteiger charge is -1.95. The van der Waals surface area contributed by atoms with Gasteiger partial charge in [0.15, 0.2) is 0 Å². The van der Waals surface area contributed by atoms with Crippen LogP contribution in [-0.2, 0) is 9.53 Å². The third kappa shape index (κ3) is 1.19. The van der Waals surface area contributed by atoms with Crippen molar-refractivity contribution in [2.45, 2.75) is 0 Å². The van der Waals surface area contributed by atoms with Crippen LogP contribution in [0.1, 0.15) is 0 Å². The van der Waals surface area contributed by atoms with E-state index in [1.54, 1.807) is 24.6 Å². The fourth-order valence-electron chi connectivity index (χ4n) is 0.628. The molecule has 0 N–H and O–H groups in total. The van der Waals surface area contributed by atoms with Crippen LogP contribution >= 0.6 is 0 Å². The molecule has 1 rings (SSSR count). The zero-order chi connectivity index (χ0) is 6.69. The van der Waals surface area contributed by atoms with Crippen molar-refractivity contribution in [2.24, 2.45) is 0 Å². The van der Waals surface area contributed by atoms with Gasteiger partial charge in [-0.15, -0.1) is 0 Å². The highest BCUT2D eigenvalue weighted by Gasteiger charge is 2.08. The van der Waals surface area contributed by atoms with Crippen LogP contribution in [0.5, 0.6) is 0 Å². The van der Waals surface area contributed by atoms with E-state index in [1.165, 1.54) is 7.11 Å². The number of methoxy groups -OCH3 is 1. The number of carbonyl (C=O) groups excluding carboxylic acids is 1. The predicted molar refractivity (Wildman–Crippen MR) is 33.5 cm³/mol. The van der Waals surface area contributed by atoms with E-state index in [1.807, 2.05) is 0 Å². The molecule has 0 aromatic carbocycles. The summed E-state index contributed by atoms with van der Waals surface area (Å²) in [5.74, 6) is -0.278. The monoisotopic (exact) mass is 123 g/mol. The van der Waals surface area contributed by atoms with Gasteiger partial charge in [-0.1, -0.05) is 18.2 Å². The molecule has 0 saturated heterocycles. The number of hydrogen-bond donors (Lipinski definition) is 0. The van der Waals surface area contributed by atoms with E-state index in [0.717, 1.165) is 0 Å². The summed E-state index contributed by atoms with van der Waals surface area (Å²) in [5, 5.41) is 0. The highest BCUT2D eigenvalue weighted by Crippen LogP contribution is 2.09. The lowest BCUT2D eigenvalue weighted by molar-refractivity contribution is -0.135. The molecule has 0 fully saturated rings. The maximum Gasteiger partial charge on any atom is 0.334 e. The van der Waals surface area contributed by atoms with Gasteiger partial charge in [0.2, 0.25) is 0 Å². The third-order valence-corrected chi connectivity index (χ3v) is 1.08. The Hall–Kier alpha value is -1.05. The number of ether oxygens (including phenoxy) is 1. The number of esters is 1. The van der Waals surface area contributed by atoms with Gasteiger partial charge in [0, 0.05) is 12.0 Å². The zero-order valence-corrected chi connectivity index (χ0v) is 5.13. The quantitative estimate of drug-likeness (QED) is 0.483. The van der Waals surface area contributed by atoms with Crippen LogP contribution in [0.3, 0.4) is 0 Å². The smallest absolute Gasteiger partial charge is 0.334 e. The van der Waals surface area contributed by atoms with Gasteiger partial charge in [-0.3, -0.25) is 0 Å². The van der Waals surface area contributed by atoms with Crippen molar-refractivity contribution in [2.75, 3.05) is 7.11 Å². The van der Waals surface area contributed by atoms with E-state index >= 15 is 0 Å². The molecule has 1 aliphatic rings. The Labute approximate surface area is 53.8 Å². The summed E-state index contributed by atoms with van der Waals surface area (Å²) in [6.07, 6.45) is 7.02. The molecule has 1 aliphatic carbocycles. The molecule has 0 unspecified atom stereocenters. The molecule has 0 bridgehead atoms. The van der Waals surface area contributed by atoms with E-state index in [0.29, 0.717) is 5.57 Å². The largest absolute Gasteiger partial charge is 0.466 e. The highest BCUT2D eigenvalue weighted by molar-refractivity contribution is 5.92. The maximum atomic E-state index is 10.7. The lowest BCUT2D eigenvalue weighted by atomic mass is 10.2. The molecule has 0 heterocycles. The first-order valence-electron chi connectivity index (χ1n) is 2.64. The van der Waals surface area contributed by atoms with Crippen molar-refractivity contribution in [3.8, 4) is 0 Å². The van der Waals surface area contributed by atoms with Gasteiger partial charge in [-0.05, 0) is 0 Å². The first-order chi connectivity index (χ1) is 4.34. The summed E-state index contributed by atoms with van der Waals surface area (Å²) in [6, 6.07) is 0. The van der Waals surface area contributed by atoms with Crippen LogP contribution in [0, 0.1) is 6.42 Å². The number of rotatable bonds is 1. The van der Waals surface area contributed by atoms with E-state index in [-0.39, 0.29) is 5.97 Å². The Bertz CT molecular complexity index is 177. The van der Waals surface area contributed by atoms with E-state index in [4.69, 9.17) is 0 Å². The van der Waals surface area contributed by atoms with Gasteiger partial charge >= 0.3 is 5.97 Å². The normalized spacial score (nSPS) is 15.4. The fourth-order valence-corrected chi connectivity index (χ4v) is 0.628. The minimum atomic E-state index is -0.278. The lowest BCUT2D eigenvalue weighted by Crippen LogP contribution is -2.02. The van der Waals surface area contributed by atoms with Crippen LogP contribution in [0.25, 0.3) is 0 Å². The molecule has 0 aromatic rings. The van der Waals surface area contributed by atoms with E-state index in [2.05, 4.69) is 4.74 Å². The summed E-state index contributed by atoms with van der Waals surface area (Å²) in [7, 11) is 1.37. The summed E-state index contributed by atoms with van der Waals surface area (Å²) in [6.45, 7) is 0. The predicted octanol–water partition coefficient (Wildman–Crippen LogP) is 0.860. The Morgan fingerprint density at radius 2 is 2.33 bits per heavy atom. The molecule has 2 heteroatoms. The molecule has 1 radical (unpaired) electrons. The van der Waals surface area contributed by atoms with E-state index < -0.39 is 0 Å². The second-order valence-corrected chi connectivity index (χ2v) is 1.67. The maximum absolute atomic E-state index is 10.7. The second kappa shape index (κ2) is 2.49. The highest BCUT2D eigenvalue weighted by atomic mass is 16.5. The molecule has 0 atom stereocenters. The molecule has 9 heavy (non-hydrogen) atoms. The second-order valence-electron chi connectivity index (χ2n) is 1.67. The van der Waals surface area contributed by atoms with Gasteiger partial charge in [0.1, 0.15) is 0 Å². The molecule has 0 aromatic heterocycles. The van der Waals surface area contributed by atoms with Gasteiger partial charge in [-0.2, -0.15) is 0 Å². The molecule has 47 valence electrons. The number of carbonyl (C=O) groups is 1. The van der Waals surface area contributed by atoms with Crippen molar-refractivity contribution < 1.29 is 9.53 Å². The fraction of sp³-hybridized carbons (Fsp3) is 0.143. The summed E-state index contributed by atoms with van der Waals surface area (Å²) < 4.78 is 4.46. The van der Waals surface area contributed by atoms with Crippen LogP contribution < -0.4 is 0 Å². The molecule has 0 spiro atoms. The summed E-state index contributed by atoms with van der Waals surface area (Å²) in [5.41, 5.74) is 0.609.